The first-order valence-corrected chi connectivity index (χ1v) is 11.7. The highest BCUT2D eigenvalue weighted by Crippen LogP contribution is 2.38. The van der Waals surface area contributed by atoms with Gasteiger partial charge in [-0.25, -0.2) is 12.8 Å². The molecule has 162 valence electrons. The van der Waals surface area contributed by atoms with Crippen LogP contribution in [0.2, 0.25) is 0 Å². The summed E-state index contributed by atoms with van der Waals surface area (Å²) in [5.41, 5.74) is 0.0360. The van der Waals surface area contributed by atoms with Crippen LogP contribution in [0.1, 0.15) is 33.7 Å². The monoisotopic (exact) mass is 462 g/mol. The van der Waals surface area contributed by atoms with Crippen LogP contribution < -0.4 is 10.1 Å². The zero-order chi connectivity index (χ0) is 22.0. The second-order valence-electron chi connectivity index (χ2n) is 6.83. The minimum absolute atomic E-state index is 0.0342. The Morgan fingerprint density at radius 1 is 1.19 bits per heavy atom. The van der Waals surface area contributed by atoms with Crippen LogP contribution in [-0.2, 0) is 10.0 Å². The van der Waals surface area contributed by atoms with E-state index in [4.69, 9.17) is 4.74 Å². The number of halogens is 1. The molecule has 1 amide bonds. The van der Waals surface area contributed by atoms with Crippen LogP contribution in [0.15, 0.2) is 53.4 Å². The van der Waals surface area contributed by atoms with E-state index >= 15 is 0 Å². The number of nitrogens with one attached hydrogen (secondary N) is 1. The fourth-order valence-electron chi connectivity index (χ4n) is 3.36. The van der Waals surface area contributed by atoms with Gasteiger partial charge in [-0.2, -0.15) is 4.31 Å². The van der Waals surface area contributed by atoms with Crippen LogP contribution in [-0.4, -0.2) is 42.5 Å². The summed E-state index contributed by atoms with van der Waals surface area (Å²) in [6.07, 6.45) is 1.23. The smallest absolute Gasteiger partial charge is 0.286 e. The number of hydrogen-bond donors (Lipinski definition) is 1. The van der Waals surface area contributed by atoms with Gasteiger partial charge >= 0.3 is 0 Å². The lowest BCUT2D eigenvalue weighted by atomic mass is 10.2. The Hall–Kier alpha value is -2.89. The number of nitrogens with zero attached hydrogens (tertiary/aromatic N) is 3. The van der Waals surface area contributed by atoms with Gasteiger partial charge in [0.15, 0.2) is 0 Å². The number of amides is 1. The van der Waals surface area contributed by atoms with Gasteiger partial charge in [0, 0.05) is 6.54 Å². The van der Waals surface area contributed by atoms with E-state index in [0.717, 1.165) is 11.3 Å². The molecule has 1 N–H and O–H groups in total. The van der Waals surface area contributed by atoms with Crippen molar-refractivity contribution in [2.75, 3.05) is 19.0 Å². The molecule has 8 nitrogen and oxygen atoms in total. The van der Waals surface area contributed by atoms with E-state index in [1.807, 2.05) is 0 Å². The van der Waals surface area contributed by atoms with Crippen molar-refractivity contribution < 1.29 is 22.3 Å². The van der Waals surface area contributed by atoms with Gasteiger partial charge in [-0.3, -0.25) is 4.79 Å². The number of sulfonamides is 1. The Morgan fingerprint density at radius 3 is 2.65 bits per heavy atom. The molecule has 0 saturated carbocycles. The number of methoxy groups -OCH3 is 1. The largest absolute Gasteiger partial charge is 0.497 e. The second-order valence-corrected chi connectivity index (χ2v) is 9.73. The molecule has 1 aliphatic rings. The first-order valence-electron chi connectivity index (χ1n) is 9.45. The molecule has 3 aromatic rings. The predicted molar refractivity (Wildman–Crippen MR) is 113 cm³/mol. The molecule has 1 aliphatic heterocycles. The third-order valence-electron chi connectivity index (χ3n) is 4.91. The number of aromatic nitrogens is 2. The molecule has 0 bridgehead atoms. The van der Waals surface area contributed by atoms with Crippen LogP contribution in [0.25, 0.3) is 0 Å². The number of carbonyl (C=O) groups is 1. The topological polar surface area (TPSA) is 101 Å². The molecule has 1 saturated heterocycles. The maximum absolute atomic E-state index is 13.8. The van der Waals surface area contributed by atoms with Crippen molar-refractivity contribution in [1.29, 1.82) is 0 Å². The first kappa shape index (κ1) is 21.3. The molecule has 0 aliphatic carbocycles. The van der Waals surface area contributed by atoms with E-state index in [2.05, 4.69) is 15.5 Å². The maximum atomic E-state index is 13.8. The molecular weight excluding hydrogens is 443 g/mol. The summed E-state index contributed by atoms with van der Waals surface area (Å²) in [6.45, 7) is 0.343. The summed E-state index contributed by atoms with van der Waals surface area (Å²) in [5, 5.41) is 10.9. The summed E-state index contributed by atoms with van der Waals surface area (Å²) in [7, 11) is -2.25. The van der Waals surface area contributed by atoms with E-state index in [-0.39, 0.29) is 15.6 Å². The van der Waals surface area contributed by atoms with Crippen molar-refractivity contribution in [1.82, 2.24) is 14.5 Å². The molecule has 0 unspecified atom stereocenters. The molecule has 0 radical (unpaired) electrons. The van der Waals surface area contributed by atoms with E-state index in [0.29, 0.717) is 30.1 Å². The fraction of sp³-hybridized carbons (Fsp3) is 0.250. The highest BCUT2D eigenvalue weighted by Gasteiger charge is 2.38. The van der Waals surface area contributed by atoms with E-state index < -0.39 is 27.8 Å². The highest BCUT2D eigenvalue weighted by molar-refractivity contribution is 7.89. The lowest BCUT2D eigenvalue weighted by Crippen LogP contribution is -2.30. The summed E-state index contributed by atoms with van der Waals surface area (Å²) >= 11 is 1.00. The van der Waals surface area contributed by atoms with Crippen molar-refractivity contribution >= 4 is 33.0 Å². The van der Waals surface area contributed by atoms with Crippen molar-refractivity contribution in [3.8, 4) is 5.75 Å². The summed E-state index contributed by atoms with van der Waals surface area (Å²) in [5.74, 6) is -0.601. The van der Waals surface area contributed by atoms with E-state index in [9.17, 15) is 17.6 Å². The molecule has 1 fully saturated rings. The van der Waals surface area contributed by atoms with Crippen LogP contribution in [0.5, 0.6) is 5.75 Å². The van der Waals surface area contributed by atoms with Gasteiger partial charge in [0.25, 0.3) is 5.91 Å². The molecule has 2 heterocycles. The Kier molecular flexibility index (Phi) is 5.99. The molecular formula is C20H19FN4O4S2. The SMILES string of the molecule is COc1ccc(S(=O)(=O)N2CCC[C@@H]2c2nnc(C(=O)Nc3ccccc3F)s2)cc1. The zero-order valence-corrected chi connectivity index (χ0v) is 18.1. The molecule has 1 aromatic heterocycles. The lowest BCUT2D eigenvalue weighted by molar-refractivity contribution is 0.102. The van der Waals surface area contributed by atoms with Crippen molar-refractivity contribution in [2.45, 2.75) is 23.8 Å². The third kappa shape index (κ3) is 4.29. The molecule has 4 rings (SSSR count). The Labute approximate surface area is 182 Å². The number of rotatable bonds is 6. The first-order chi connectivity index (χ1) is 14.9. The van der Waals surface area contributed by atoms with Gasteiger partial charge in [0.2, 0.25) is 15.0 Å². The summed E-state index contributed by atoms with van der Waals surface area (Å²) < 4.78 is 46.6. The number of anilines is 1. The predicted octanol–water partition coefficient (Wildman–Crippen LogP) is 3.46. The van der Waals surface area contributed by atoms with Gasteiger partial charge in [0.05, 0.1) is 23.7 Å². The van der Waals surface area contributed by atoms with Crippen molar-refractivity contribution in [3.05, 3.63) is 64.4 Å². The van der Waals surface area contributed by atoms with Crippen LogP contribution in [0.3, 0.4) is 0 Å². The van der Waals surface area contributed by atoms with Gasteiger partial charge in [-0.15, -0.1) is 10.2 Å². The summed E-state index contributed by atoms with van der Waals surface area (Å²) in [4.78, 5) is 12.6. The number of carbonyl (C=O) groups excluding carboxylic acids is 1. The van der Waals surface area contributed by atoms with E-state index in [1.165, 1.54) is 41.7 Å². The minimum Gasteiger partial charge on any atom is -0.497 e. The fourth-order valence-corrected chi connectivity index (χ4v) is 5.97. The lowest BCUT2D eigenvalue weighted by Gasteiger charge is -2.22. The highest BCUT2D eigenvalue weighted by atomic mass is 32.2. The molecule has 31 heavy (non-hydrogen) atoms. The van der Waals surface area contributed by atoms with Gasteiger partial charge < -0.3 is 10.1 Å². The van der Waals surface area contributed by atoms with Crippen LogP contribution in [0.4, 0.5) is 10.1 Å². The Balaban J connectivity index is 1.54. The molecule has 0 spiro atoms. The normalized spacial score (nSPS) is 16.9. The van der Waals surface area contributed by atoms with Crippen LogP contribution in [0, 0.1) is 5.82 Å². The number of para-hydroxylation sites is 1. The van der Waals surface area contributed by atoms with Crippen molar-refractivity contribution in [3.63, 3.8) is 0 Å². The van der Waals surface area contributed by atoms with Gasteiger partial charge in [-0.1, -0.05) is 23.5 Å². The Bertz CT molecular complexity index is 1200. The molecule has 11 heteroatoms. The maximum Gasteiger partial charge on any atom is 0.286 e. The standard InChI is InChI=1S/C20H19FN4O4S2/c1-29-13-8-10-14(11-9-13)31(27,28)25-12-4-7-17(25)19-23-24-20(30-19)18(26)22-16-6-3-2-5-15(16)21/h2-3,5-6,8-11,17H,4,7,12H2,1H3,(H,22,26)/t17-/m1/s1. The quantitative estimate of drug-likeness (QED) is 0.602. The average Bonchev–Trinajstić information content (AvgIpc) is 3.45. The van der Waals surface area contributed by atoms with E-state index in [1.54, 1.807) is 18.2 Å². The second kappa shape index (κ2) is 8.69. The number of benzene rings is 2. The molecule has 2 aromatic carbocycles. The van der Waals surface area contributed by atoms with Crippen LogP contribution >= 0.6 is 11.3 Å². The Morgan fingerprint density at radius 2 is 1.94 bits per heavy atom. The average molecular weight is 463 g/mol. The molecule has 1 atom stereocenters. The number of hydrogen-bond acceptors (Lipinski definition) is 7. The summed E-state index contributed by atoms with van der Waals surface area (Å²) in [6, 6.07) is 11.5. The zero-order valence-electron chi connectivity index (χ0n) is 16.5. The minimum atomic E-state index is -3.76. The van der Waals surface area contributed by atoms with Gasteiger partial charge in [0.1, 0.15) is 16.6 Å². The van der Waals surface area contributed by atoms with Crippen molar-refractivity contribution in [2.24, 2.45) is 0 Å². The van der Waals surface area contributed by atoms with Gasteiger partial charge in [-0.05, 0) is 49.2 Å². The number of ether oxygens (including phenoxy) is 1. The third-order valence-corrected chi connectivity index (χ3v) is 7.86.